The van der Waals surface area contributed by atoms with Crippen LogP contribution in [0.3, 0.4) is 0 Å². The van der Waals surface area contributed by atoms with Crippen LogP contribution in [0, 0.1) is 5.92 Å². The highest BCUT2D eigenvalue weighted by atomic mass is 16.2. The van der Waals surface area contributed by atoms with Gasteiger partial charge in [0, 0.05) is 24.6 Å². The van der Waals surface area contributed by atoms with Crippen molar-refractivity contribution in [2.45, 2.75) is 37.8 Å². The van der Waals surface area contributed by atoms with Crippen molar-refractivity contribution in [2.24, 2.45) is 5.92 Å². The lowest BCUT2D eigenvalue weighted by atomic mass is 10.0. The number of hydrogen-bond donors (Lipinski definition) is 1. The second-order valence-corrected chi connectivity index (χ2v) is 7.38. The van der Waals surface area contributed by atoms with Gasteiger partial charge in [0.05, 0.1) is 6.04 Å². The van der Waals surface area contributed by atoms with Crippen LogP contribution < -0.4 is 5.32 Å². The molecule has 4 heteroatoms. The van der Waals surface area contributed by atoms with Crippen molar-refractivity contribution < 1.29 is 9.59 Å². The van der Waals surface area contributed by atoms with Gasteiger partial charge in [0.25, 0.3) is 5.91 Å². The maximum Gasteiger partial charge on any atom is 0.251 e. The van der Waals surface area contributed by atoms with E-state index in [1.54, 1.807) is 0 Å². The summed E-state index contributed by atoms with van der Waals surface area (Å²) in [6, 6.07) is 19.6. The molecule has 0 spiro atoms. The molecule has 1 saturated heterocycles. The van der Waals surface area contributed by atoms with Gasteiger partial charge in [-0.25, -0.2) is 0 Å². The van der Waals surface area contributed by atoms with E-state index in [0.29, 0.717) is 17.9 Å². The molecule has 1 saturated carbocycles. The predicted molar refractivity (Wildman–Crippen MR) is 101 cm³/mol. The lowest BCUT2D eigenvalue weighted by Crippen LogP contribution is -2.52. The van der Waals surface area contributed by atoms with Crippen LogP contribution in [0.2, 0.25) is 0 Å². The van der Waals surface area contributed by atoms with Crippen LogP contribution >= 0.6 is 0 Å². The number of carbonyl (C=O) groups is 2. The molecule has 4 nitrogen and oxygen atoms in total. The SMILES string of the molecule is O=C(NC1CC2CC1N(C(=O)CCc1ccccc1)C2)c1ccccc1. The van der Waals surface area contributed by atoms with Gasteiger partial charge in [0.15, 0.2) is 0 Å². The zero-order chi connectivity index (χ0) is 17.9. The number of amides is 2. The smallest absolute Gasteiger partial charge is 0.251 e. The van der Waals surface area contributed by atoms with Crippen molar-refractivity contribution in [3.63, 3.8) is 0 Å². The Hall–Kier alpha value is -2.62. The van der Waals surface area contributed by atoms with Crippen LogP contribution in [-0.4, -0.2) is 35.3 Å². The summed E-state index contributed by atoms with van der Waals surface area (Å²) in [5.41, 5.74) is 1.87. The van der Waals surface area contributed by atoms with E-state index in [2.05, 4.69) is 17.4 Å². The number of nitrogens with zero attached hydrogens (tertiary/aromatic N) is 1. The van der Waals surface area contributed by atoms with Gasteiger partial charge in [-0.3, -0.25) is 9.59 Å². The van der Waals surface area contributed by atoms with Gasteiger partial charge in [-0.15, -0.1) is 0 Å². The number of likely N-dealkylation sites (tertiary alicyclic amines) is 1. The first-order valence-electron chi connectivity index (χ1n) is 9.40. The Morgan fingerprint density at radius 2 is 1.65 bits per heavy atom. The standard InChI is InChI=1S/C22H24N2O2/c25-21(12-11-16-7-3-1-4-8-16)24-15-17-13-19(20(24)14-17)23-22(26)18-9-5-2-6-10-18/h1-10,17,19-20H,11-15H2,(H,23,26). The van der Waals surface area contributed by atoms with Crippen LogP contribution in [0.25, 0.3) is 0 Å². The van der Waals surface area contributed by atoms with E-state index in [9.17, 15) is 9.59 Å². The van der Waals surface area contributed by atoms with Crippen molar-refractivity contribution in [1.82, 2.24) is 10.2 Å². The van der Waals surface area contributed by atoms with Gasteiger partial charge < -0.3 is 10.2 Å². The summed E-state index contributed by atoms with van der Waals surface area (Å²) in [7, 11) is 0. The Balaban J connectivity index is 1.36. The quantitative estimate of drug-likeness (QED) is 0.903. The maximum atomic E-state index is 12.7. The number of nitrogens with one attached hydrogen (secondary N) is 1. The fourth-order valence-electron chi connectivity index (χ4n) is 4.35. The summed E-state index contributed by atoms with van der Waals surface area (Å²) in [6.07, 6.45) is 3.30. The molecule has 1 N–H and O–H groups in total. The second-order valence-electron chi connectivity index (χ2n) is 7.38. The molecule has 134 valence electrons. The molecule has 2 amide bonds. The van der Waals surface area contributed by atoms with E-state index >= 15 is 0 Å². The fourth-order valence-corrected chi connectivity index (χ4v) is 4.35. The molecule has 0 radical (unpaired) electrons. The molecule has 2 aliphatic rings. The summed E-state index contributed by atoms with van der Waals surface area (Å²) in [5, 5.41) is 3.15. The van der Waals surface area contributed by atoms with Gasteiger partial charge >= 0.3 is 0 Å². The minimum atomic E-state index is -0.0418. The largest absolute Gasteiger partial charge is 0.347 e. The first-order valence-corrected chi connectivity index (χ1v) is 9.40. The Kier molecular flexibility index (Phi) is 4.74. The summed E-state index contributed by atoms with van der Waals surface area (Å²) in [5.74, 6) is 0.682. The molecule has 2 aromatic carbocycles. The molecule has 2 aromatic rings. The fraction of sp³-hybridized carbons (Fsp3) is 0.364. The predicted octanol–water partition coefficient (Wildman–Crippen LogP) is 3.04. The third kappa shape index (κ3) is 3.50. The van der Waals surface area contributed by atoms with E-state index in [4.69, 9.17) is 0 Å². The number of benzene rings is 2. The zero-order valence-electron chi connectivity index (χ0n) is 14.8. The molecule has 3 atom stereocenters. The van der Waals surface area contributed by atoms with Crippen LogP contribution in [0.4, 0.5) is 0 Å². The Morgan fingerprint density at radius 1 is 0.962 bits per heavy atom. The van der Waals surface area contributed by atoms with Crippen LogP contribution in [0.15, 0.2) is 60.7 Å². The normalized spacial score (nSPS) is 23.8. The van der Waals surface area contributed by atoms with Crippen molar-refractivity contribution in [1.29, 1.82) is 0 Å². The number of fused-ring (bicyclic) bond motifs is 2. The van der Waals surface area contributed by atoms with Gasteiger partial charge in [-0.2, -0.15) is 0 Å². The molecular weight excluding hydrogens is 324 g/mol. The van der Waals surface area contributed by atoms with Gasteiger partial charge in [0.1, 0.15) is 0 Å². The van der Waals surface area contributed by atoms with E-state index in [0.717, 1.165) is 25.8 Å². The van der Waals surface area contributed by atoms with E-state index < -0.39 is 0 Å². The average molecular weight is 348 g/mol. The summed E-state index contributed by atoms with van der Waals surface area (Å²) < 4.78 is 0. The minimum absolute atomic E-state index is 0.0418. The Bertz CT molecular complexity index is 775. The number of piperidine rings is 1. The molecule has 1 heterocycles. The third-order valence-electron chi connectivity index (χ3n) is 5.62. The molecule has 0 aromatic heterocycles. The zero-order valence-corrected chi connectivity index (χ0v) is 14.8. The van der Waals surface area contributed by atoms with Gasteiger partial charge in [-0.1, -0.05) is 48.5 Å². The first kappa shape index (κ1) is 16.8. The third-order valence-corrected chi connectivity index (χ3v) is 5.62. The molecular formula is C22H24N2O2. The summed E-state index contributed by atoms with van der Waals surface area (Å²) in [6.45, 7) is 0.843. The Morgan fingerprint density at radius 3 is 2.35 bits per heavy atom. The summed E-state index contributed by atoms with van der Waals surface area (Å²) >= 11 is 0. The number of carbonyl (C=O) groups excluding carboxylic acids is 2. The summed E-state index contributed by atoms with van der Waals surface area (Å²) in [4.78, 5) is 27.2. The second kappa shape index (κ2) is 7.32. The lowest BCUT2D eigenvalue weighted by Gasteiger charge is -2.34. The highest BCUT2D eigenvalue weighted by molar-refractivity contribution is 5.94. The molecule has 4 rings (SSSR count). The van der Waals surface area contributed by atoms with Gasteiger partial charge in [-0.05, 0) is 42.9 Å². The maximum absolute atomic E-state index is 12.7. The van der Waals surface area contributed by atoms with Crippen molar-refractivity contribution in [3.8, 4) is 0 Å². The van der Waals surface area contributed by atoms with Crippen LogP contribution in [0.1, 0.15) is 35.2 Å². The van der Waals surface area contributed by atoms with Crippen LogP contribution in [0.5, 0.6) is 0 Å². The highest BCUT2D eigenvalue weighted by Crippen LogP contribution is 2.38. The number of rotatable bonds is 5. The first-order chi connectivity index (χ1) is 12.7. The van der Waals surface area contributed by atoms with Crippen molar-refractivity contribution >= 4 is 11.8 Å². The molecule has 1 aliphatic heterocycles. The van der Waals surface area contributed by atoms with Crippen molar-refractivity contribution in [3.05, 3.63) is 71.8 Å². The molecule has 26 heavy (non-hydrogen) atoms. The van der Waals surface area contributed by atoms with E-state index in [1.807, 2.05) is 53.4 Å². The minimum Gasteiger partial charge on any atom is -0.347 e. The Labute approximate surface area is 154 Å². The topological polar surface area (TPSA) is 49.4 Å². The molecule has 3 unspecified atom stereocenters. The van der Waals surface area contributed by atoms with E-state index in [-0.39, 0.29) is 23.9 Å². The molecule has 1 aliphatic carbocycles. The monoisotopic (exact) mass is 348 g/mol. The van der Waals surface area contributed by atoms with Gasteiger partial charge in [0.2, 0.25) is 5.91 Å². The van der Waals surface area contributed by atoms with E-state index in [1.165, 1.54) is 5.56 Å². The van der Waals surface area contributed by atoms with Crippen LogP contribution in [-0.2, 0) is 11.2 Å². The molecule has 2 fully saturated rings. The molecule has 2 bridgehead atoms. The average Bonchev–Trinajstić information content (AvgIpc) is 3.28. The number of hydrogen-bond acceptors (Lipinski definition) is 2. The highest BCUT2D eigenvalue weighted by Gasteiger charge is 2.47. The lowest BCUT2D eigenvalue weighted by molar-refractivity contribution is -0.133. The number of aryl methyl sites for hydroxylation is 1. The van der Waals surface area contributed by atoms with Crippen molar-refractivity contribution in [2.75, 3.05) is 6.54 Å².